The Balaban J connectivity index is 1.36. The van der Waals surface area contributed by atoms with Crippen molar-refractivity contribution in [2.75, 3.05) is 38.0 Å². The summed E-state index contributed by atoms with van der Waals surface area (Å²) in [5.41, 5.74) is 1.97. The van der Waals surface area contributed by atoms with E-state index < -0.39 is 0 Å². The molecule has 5 rings (SSSR count). The number of carbonyl (C=O) groups is 1. The number of hydrogen-bond donors (Lipinski definition) is 1. The van der Waals surface area contributed by atoms with E-state index in [1.54, 1.807) is 24.5 Å². The Hall–Kier alpha value is -2.85. The minimum atomic E-state index is -0.300. The van der Waals surface area contributed by atoms with Crippen molar-refractivity contribution in [1.82, 2.24) is 29.5 Å². The van der Waals surface area contributed by atoms with Gasteiger partial charge in [0, 0.05) is 49.8 Å². The minimum absolute atomic E-state index is 0.00747. The molecule has 8 nitrogen and oxygen atoms in total. The van der Waals surface area contributed by atoms with Gasteiger partial charge in [0.05, 0.1) is 11.0 Å². The highest BCUT2D eigenvalue weighted by molar-refractivity contribution is 9.10. The summed E-state index contributed by atoms with van der Waals surface area (Å²) in [7, 11) is 0. The van der Waals surface area contributed by atoms with Gasteiger partial charge in [-0.15, -0.1) is 0 Å². The average molecular weight is 571 g/mol. The van der Waals surface area contributed by atoms with Crippen molar-refractivity contribution in [2.45, 2.75) is 51.1 Å². The van der Waals surface area contributed by atoms with E-state index in [0.717, 1.165) is 54.5 Å². The molecule has 1 amide bonds. The van der Waals surface area contributed by atoms with Gasteiger partial charge in [0.25, 0.3) is 5.91 Å². The van der Waals surface area contributed by atoms with Crippen LogP contribution in [0.5, 0.6) is 0 Å². The van der Waals surface area contributed by atoms with Gasteiger partial charge in [-0.25, -0.2) is 14.4 Å². The first-order valence-corrected chi connectivity index (χ1v) is 13.9. The van der Waals surface area contributed by atoms with Crippen molar-refractivity contribution in [1.29, 1.82) is 0 Å². The normalized spacial score (nSPS) is 18.6. The van der Waals surface area contributed by atoms with Crippen LogP contribution >= 0.6 is 15.9 Å². The van der Waals surface area contributed by atoms with Crippen LogP contribution in [0.15, 0.2) is 47.3 Å². The van der Waals surface area contributed by atoms with Gasteiger partial charge in [-0.05, 0) is 78.8 Å². The highest BCUT2D eigenvalue weighted by Gasteiger charge is 2.31. The van der Waals surface area contributed by atoms with Crippen LogP contribution in [-0.2, 0) is 6.54 Å². The SMILES string of the molecule is O=C(c1nn(CCN2CCCCC2)cc1-c1ccc(F)cc1)N1CCCC[C@H]1CNc1ncc(Br)cn1. The van der Waals surface area contributed by atoms with Crippen LogP contribution in [-0.4, -0.2) is 74.2 Å². The van der Waals surface area contributed by atoms with Gasteiger partial charge in [0.15, 0.2) is 5.69 Å². The smallest absolute Gasteiger partial charge is 0.275 e. The fraction of sp³-hybridized carbons (Fsp3) is 0.481. The molecule has 0 bridgehead atoms. The third-order valence-corrected chi connectivity index (χ3v) is 7.63. The van der Waals surface area contributed by atoms with E-state index >= 15 is 0 Å². The van der Waals surface area contributed by atoms with Crippen molar-refractivity contribution >= 4 is 27.8 Å². The fourth-order valence-corrected chi connectivity index (χ4v) is 5.40. The number of amides is 1. The quantitative estimate of drug-likeness (QED) is 0.418. The number of halogens is 2. The van der Waals surface area contributed by atoms with Gasteiger partial charge >= 0.3 is 0 Å². The highest BCUT2D eigenvalue weighted by atomic mass is 79.9. The first kappa shape index (κ1) is 25.8. The maximum absolute atomic E-state index is 13.9. The van der Waals surface area contributed by atoms with Crippen LogP contribution in [0.1, 0.15) is 49.0 Å². The van der Waals surface area contributed by atoms with E-state index in [9.17, 15) is 9.18 Å². The van der Waals surface area contributed by atoms with Gasteiger partial charge in [-0.2, -0.15) is 5.10 Å². The average Bonchev–Trinajstić information content (AvgIpc) is 3.37. The molecular weight excluding hydrogens is 537 g/mol. The number of carbonyl (C=O) groups excluding carboxylic acids is 1. The Morgan fingerprint density at radius 1 is 1.00 bits per heavy atom. The van der Waals surface area contributed by atoms with E-state index in [1.165, 1.54) is 31.4 Å². The van der Waals surface area contributed by atoms with Gasteiger partial charge < -0.3 is 15.1 Å². The maximum Gasteiger partial charge on any atom is 0.275 e. The number of aromatic nitrogens is 4. The third-order valence-electron chi connectivity index (χ3n) is 7.22. The molecule has 0 aliphatic carbocycles. The van der Waals surface area contributed by atoms with E-state index in [0.29, 0.717) is 31.3 Å². The van der Waals surface area contributed by atoms with Crippen molar-refractivity contribution < 1.29 is 9.18 Å². The summed E-state index contributed by atoms with van der Waals surface area (Å²) in [6.45, 7) is 5.09. The first-order valence-electron chi connectivity index (χ1n) is 13.1. The molecule has 0 radical (unpaired) electrons. The number of nitrogens with zero attached hydrogens (tertiary/aromatic N) is 6. The standard InChI is InChI=1S/C27H33BrFN7O/c28-21-16-30-27(31-17-21)32-18-23-6-2-5-13-36(23)26(37)25-24(20-7-9-22(29)10-8-20)19-35(33-25)15-14-34-11-3-1-4-12-34/h7-10,16-17,19,23H,1-6,11-15,18H2,(H,30,31,32)/t23-/m0/s1. The van der Waals surface area contributed by atoms with E-state index in [2.05, 4.69) is 36.1 Å². The molecule has 1 aromatic carbocycles. The van der Waals surface area contributed by atoms with E-state index in [4.69, 9.17) is 5.10 Å². The summed E-state index contributed by atoms with van der Waals surface area (Å²) >= 11 is 3.36. The molecule has 10 heteroatoms. The number of benzene rings is 1. The molecule has 4 heterocycles. The second kappa shape index (κ2) is 12.1. The molecule has 0 saturated carbocycles. The summed E-state index contributed by atoms with van der Waals surface area (Å²) in [6.07, 6.45) is 12.0. The third kappa shape index (κ3) is 6.54. The lowest BCUT2D eigenvalue weighted by Crippen LogP contribution is -2.47. The zero-order chi connectivity index (χ0) is 25.6. The van der Waals surface area contributed by atoms with Crippen LogP contribution in [0.25, 0.3) is 11.1 Å². The van der Waals surface area contributed by atoms with Gasteiger partial charge in [-0.3, -0.25) is 9.48 Å². The largest absolute Gasteiger partial charge is 0.352 e. The van der Waals surface area contributed by atoms with Crippen molar-refractivity contribution in [3.05, 3.63) is 58.8 Å². The number of rotatable bonds is 8. The first-order chi connectivity index (χ1) is 18.1. The van der Waals surface area contributed by atoms with Gasteiger partial charge in [-0.1, -0.05) is 18.6 Å². The second-order valence-corrected chi connectivity index (χ2v) is 10.7. The fourth-order valence-electron chi connectivity index (χ4n) is 5.19. The van der Waals surface area contributed by atoms with Gasteiger partial charge in [0.1, 0.15) is 5.82 Å². The molecule has 2 fully saturated rings. The van der Waals surface area contributed by atoms with Crippen LogP contribution in [0.2, 0.25) is 0 Å². The van der Waals surface area contributed by atoms with Crippen LogP contribution < -0.4 is 5.32 Å². The van der Waals surface area contributed by atoms with Crippen molar-refractivity contribution in [3.63, 3.8) is 0 Å². The number of piperidine rings is 2. The Kier molecular flexibility index (Phi) is 8.45. The predicted octanol–water partition coefficient (Wildman–Crippen LogP) is 4.83. The predicted molar refractivity (Wildman–Crippen MR) is 145 cm³/mol. The zero-order valence-electron chi connectivity index (χ0n) is 21.0. The zero-order valence-corrected chi connectivity index (χ0v) is 22.5. The molecule has 0 unspecified atom stereocenters. The molecule has 2 saturated heterocycles. The topological polar surface area (TPSA) is 79.2 Å². The van der Waals surface area contributed by atoms with Crippen LogP contribution in [0.3, 0.4) is 0 Å². The molecule has 1 N–H and O–H groups in total. The molecule has 37 heavy (non-hydrogen) atoms. The summed E-state index contributed by atoms with van der Waals surface area (Å²) < 4.78 is 16.4. The second-order valence-electron chi connectivity index (χ2n) is 9.82. The molecule has 0 spiro atoms. The summed E-state index contributed by atoms with van der Waals surface area (Å²) in [5.74, 6) is 0.154. The Labute approximate surface area is 225 Å². The van der Waals surface area contributed by atoms with Gasteiger partial charge in [0.2, 0.25) is 5.95 Å². The summed E-state index contributed by atoms with van der Waals surface area (Å²) in [6, 6.07) is 6.31. The summed E-state index contributed by atoms with van der Waals surface area (Å²) in [4.78, 5) is 26.9. The Morgan fingerprint density at radius 2 is 1.73 bits per heavy atom. The molecule has 1 atom stereocenters. The number of anilines is 1. The maximum atomic E-state index is 13.9. The van der Waals surface area contributed by atoms with Crippen LogP contribution in [0, 0.1) is 5.82 Å². The highest BCUT2D eigenvalue weighted by Crippen LogP contribution is 2.27. The monoisotopic (exact) mass is 569 g/mol. The summed E-state index contributed by atoms with van der Waals surface area (Å²) in [5, 5.41) is 8.07. The lowest BCUT2D eigenvalue weighted by Gasteiger charge is -2.35. The number of hydrogen-bond acceptors (Lipinski definition) is 6. The molecule has 2 aromatic heterocycles. The molecule has 2 aliphatic heterocycles. The van der Waals surface area contributed by atoms with E-state index in [-0.39, 0.29) is 17.8 Å². The lowest BCUT2D eigenvalue weighted by molar-refractivity contribution is 0.0621. The molecule has 3 aromatic rings. The van der Waals surface area contributed by atoms with Crippen molar-refractivity contribution in [2.24, 2.45) is 0 Å². The Bertz CT molecular complexity index is 1180. The number of likely N-dealkylation sites (tertiary alicyclic amines) is 2. The van der Waals surface area contributed by atoms with Crippen LogP contribution in [0.4, 0.5) is 10.3 Å². The van der Waals surface area contributed by atoms with Crippen molar-refractivity contribution in [3.8, 4) is 11.1 Å². The molecule has 196 valence electrons. The minimum Gasteiger partial charge on any atom is -0.352 e. The number of nitrogens with one attached hydrogen (secondary N) is 1. The molecular formula is C27H33BrFN7O. The molecule has 2 aliphatic rings. The van der Waals surface area contributed by atoms with E-state index in [1.807, 2.05) is 15.8 Å². The lowest BCUT2D eigenvalue weighted by atomic mass is 10.00. The Morgan fingerprint density at radius 3 is 2.49 bits per heavy atom.